The van der Waals surface area contributed by atoms with Crippen molar-refractivity contribution in [2.75, 3.05) is 19.7 Å². The number of nitrogens with one attached hydrogen (secondary N) is 1. The first-order chi connectivity index (χ1) is 14.4. The molecule has 2 saturated heterocycles. The van der Waals surface area contributed by atoms with Gasteiger partial charge in [0.2, 0.25) is 11.8 Å². The molecule has 0 radical (unpaired) electrons. The number of piperidine rings is 2. The first kappa shape index (κ1) is 20.8. The zero-order valence-corrected chi connectivity index (χ0v) is 17.9. The molecule has 1 aromatic carbocycles. The zero-order chi connectivity index (χ0) is 21.3. The normalized spacial score (nSPS) is 24.9. The summed E-state index contributed by atoms with van der Waals surface area (Å²) in [6.07, 6.45) is 4.28. The summed E-state index contributed by atoms with van der Waals surface area (Å²) in [6, 6.07) is 5.41. The summed E-state index contributed by atoms with van der Waals surface area (Å²) in [4.78, 5) is 40.5. The van der Waals surface area contributed by atoms with E-state index in [2.05, 4.69) is 24.1 Å². The Kier molecular flexibility index (Phi) is 6.09. The standard InChI is InChI=1S/C23H31N3O4/c1-15(2)12-25-10-4-3-5-17(25)14-30-18-6-7-19-16(11-18)13-26(23(19)29)20-8-9-21(27)24-22(20)28/h6-7,11,15,17,20H,3-5,8-10,12-14H2,1-2H3,(H,24,27,28)/t17-,20?/m1/s1. The predicted octanol–water partition coefficient (Wildman–Crippen LogP) is 2.34. The highest BCUT2D eigenvalue weighted by Gasteiger charge is 2.39. The molecule has 0 spiro atoms. The second-order valence-electron chi connectivity index (χ2n) is 9.07. The molecule has 0 aliphatic carbocycles. The van der Waals surface area contributed by atoms with E-state index in [-0.39, 0.29) is 24.1 Å². The van der Waals surface area contributed by atoms with Crippen LogP contribution < -0.4 is 10.1 Å². The van der Waals surface area contributed by atoms with E-state index in [1.165, 1.54) is 12.8 Å². The van der Waals surface area contributed by atoms with Gasteiger partial charge in [0.05, 0.1) is 0 Å². The van der Waals surface area contributed by atoms with Gasteiger partial charge in [-0.15, -0.1) is 0 Å². The Balaban J connectivity index is 1.40. The smallest absolute Gasteiger partial charge is 0.255 e. The number of carbonyl (C=O) groups excluding carboxylic acids is 3. The van der Waals surface area contributed by atoms with Crippen LogP contribution in [0.25, 0.3) is 0 Å². The van der Waals surface area contributed by atoms with E-state index in [1.807, 2.05) is 12.1 Å². The monoisotopic (exact) mass is 413 g/mol. The fourth-order valence-electron chi connectivity index (χ4n) is 4.79. The second kappa shape index (κ2) is 8.76. The third kappa shape index (κ3) is 4.36. The Morgan fingerprint density at radius 2 is 2.00 bits per heavy atom. The van der Waals surface area contributed by atoms with Gasteiger partial charge in [-0.2, -0.15) is 0 Å². The lowest BCUT2D eigenvalue weighted by Gasteiger charge is -2.36. The summed E-state index contributed by atoms with van der Waals surface area (Å²) in [5.41, 5.74) is 1.50. The van der Waals surface area contributed by atoms with Gasteiger partial charge in [-0.3, -0.25) is 24.6 Å². The van der Waals surface area contributed by atoms with Crippen LogP contribution in [-0.4, -0.2) is 59.3 Å². The largest absolute Gasteiger partial charge is 0.492 e. The van der Waals surface area contributed by atoms with Crippen LogP contribution in [0.3, 0.4) is 0 Å². The fourth-order valence-corrected chi connectivity index (χ4v) is 4.79. The highest BCUT2D eigenvalue weighted by Crippen LogP contribution is 2.30. The Hall–Kier alpha value is -2.41. The Bertz CT molecular complexity index is 838. The number of hydrogen-bond acceptors (Lipinski definition) is 5. The SMILES string of the molecule is CC(C)CN1CCCC[C@@H]1COc1ccc2c(c1)CN(C1CCC(=O)NC1=O)C2=O. The maximum Gasteiger partial charge on any atom is 0.255 e. The zero-order valence-electron chi connectivity index (χ0n) is 17.9. The Morgan fingerprint density at radius 1 is 1.17 bits per heavy atom. The predicted molar refractivity (Wildman–Crippen MR) is 112 cm³/mol. The average Bonchev–Trinajstić information content (AvgIpc) is 3.03. The van der Waals surface area contributed by atoms with Crippen molar-refractivity contribution in [1.29, 1.82) is 0 Å². The van der Waals surface area contributed by atoms with Crippen molar-refractivity contribution in [3.63, 3.8) is 0 Å². The maximum absolute atomic E-state index is 12.8. The van der Waals surface area contributed by atoms with Crippen LogP contribution in [0, 0.1) is 5.92 Å². The average molecular weight is 414 g/mol. The summed E-state index contributed by atoms with van der Waals surface area (Å²) in [7, 11) is 0. The van der Waals surface area contributed by atoms with Gasteiger partial charge in [-0.1, -0.05) is 20.3 Å². The van der Waals surface area contributed by atoms with E-state index in [0.717, 1.165) is 30.8 Å². The van der Waals surface area contributed by atoms with Gasteiger partial charge in [-0.25, -0.2) is 0 Å². The van der Waals surface area contributed by atoms with E-state index in [4.69, 9.17) is 4.74 Å². The minimum absolute atomic E-state index is 0.151. The van der Waals surface area contributed by atoms with Gasteiger partial charge >= 0.3 is 0 Å². The number of carbonyl (C=O) groups is 3. The number of likely N-dealkylation sites (tertiary alicyclic amines) is 1. The molecule has 3 aliphatic rings. The number of rotatable bonds is 6. The molecule has 7 nitrogen and oxygen atoms in total. The molecule has 1 N–H and O–H groups in total. The summed E-state index contributed by atoms with van der Waals surface area (Å²) in [5.74, 6) is 0.592. The first-order valence-electron chi connectivity index (χ1n) is 11.1. The first-order valence-corrected chi connectivity index (χ1v) is 11.1. The fraction of sp³-hybridized carbons (Fsp3) is 0.609. The molecular weight excluding hydrogens is 382 g/mol. The number of amides is 3. The van der Waals surface area contributed by atoms with Gasteiger partial charge in [-0.05, 0) is 55.5 Å². The molecule has 3 amide bonds. The summed E-state index contributed by atoms with van der Waals surface area (Å²) >= 11 is 0. The minimum Gasteiger partial charge on any atom is -0.492 e. The van der Waals surface area contributed by atoms with Crippen molar-refractivity contribution in [2.24, 2.45) is 5.92 Å². The van der Waals surface area contributed by atoms with Crippen molar-refractivity contribution in [2.45, 2.75) is 64.6 Å². The van der Waals surface area contributed by atoms with Gasteiger partial charge in [0.1, 0.15) is 18.4 Å². The van der Waals surface area contributed by atoms with Crippen LogP contribution in [0.4, 0.5) is 0 Å². The molecule has 4 rings (SSSR count). The number of fused-ring (bicyclic) bond motifs is 1. The second-order valence-corrected chi connectivity index (χ2v) is 9.07. The van der Waals surface area contributed by atoms with Gasteiger partial charge in [0.15, 0.2) is 0 Å². The van der Waals surface area contributed by atoms with Crippen LogP contribution in [0.15, 0.2) is 18.2 Å². The number of imide groups is 1. The molecule has 162 valence electrons. The molecule has 2 atom stereocenters. The molecule has 0 aromatic heterocycles. The molecule has 7 heteroatoms. The third-order valence-electron chi connectivity index (χ3n) is 6.29. The van der Waals surface area contributed by atoms with Crippen molar-refractivity contribution in [3.8, 4) is 5.75 Å². The van der Waals surface area contributed by atoms with Crippen molar-refractivity contribution < 1.29 is 19.1 Å². The van der Waals surface area contributed by atoms with E-state index in [1.54, 1.807) is 11.0 Å². The lowest BCUT2D eigenvalue weighted by molar-refractivity contribution is -0.136. The van der Waals surface area contributed by atoms with Crippen molar-refractivity contribution >= 4 is 17.7 Å². The molecule has 3 heterocycles. The summed E-state index contributed by atoms with van der Waals surface area (Å²) in [6.45, 7) is 7.74. The molecule has 1 unspecified atom stereocenters. The molecule has 1 aromatic rings. The third-order valence-corrected chi connectivity index (χ3v) is 6.29. The van der Waals surface area contributed by atoms with Gasteiger partial charge in [0.25, 0.3) is 5.91 Å². The summed E-state index contributed by atoms with van der Waals surface area (Å²) < 4.78 is 6.14. The van der Waals surface area contributed by atoms with Gasteiger partial charge in [0, 0.05) is 31.1 Å². The number of ether oxygens (including phenoxy) is 1. The molecule has 2 fully saturated rings. The van der Waals surface area contributed by atoms with E-state index >= 15 is 0 Å². The molecule has 0 bridgehead atoms. The maximum atomic E-state index is 12.8. The number of hydrogen-bond donors (Lipinski definition) is 1. The van der Waals surface area contributed by atoms with Crippen molar-refractivity contribution in [1.82, 2.24) is 15.1 Å². The molecule has 3 aliphatic heterocycles. The van der Waals surface area contributed by atoms with Crippen LogP contribution in [0.5, 0.6) is 5.75 Å². The lowest BCUT2D eigenvalue weighted by atomic mass is 10.0. The van der Waals surface area contributed by atoms with Gasteiger partial charge < -0.3 is 9.64 Å². The lowest BCUT2D eigenvalue weighted by Crippen LogP contribution is -2.52. The number of benzene rings is 1. The van der Waals surface area contributed by atoms with Crippen LogP contribution >= 0.6 is 0 Å². The quantitative estimate of drug-likeness (QED) is 0.724. The summed E-state index contributed by atoms with van der Waals surface area (Å²) in [5, 5.41) is 2.34. The highest BCUT2D eigenvalue weighted by atomic mass is 16.5. The molecular formula is C23H31N3O4. The van der Waals surface area contributed by atoms with Crippen LogP contribution in [0.1, 0.15) is 61.9 Å². The van der Waals surface area contributed by atoms with Crippen LogP contribution in [-0.2, 0) is 16.1 Å². The van der Waals surface area contributed by atoms with E-state index in [9.17, 15) is 14.4 Å². The van der Waals surface area contributed by atoms with E-state index < -0.39 is 6.04 Å². The molecule has 0 saturated carbocycles. The minimum atomic E-state index is -0.584. The highest BCUT2D eigenvalue weighted by molar-refractivity contribution is 6.05. The molecule has 30 heavy (non-hydrogen) atoms. The van der Waals surface area contributed by atoms with Crippen molar-refractivity contribution in [3.05, 3.63) is 29.3 Å². The Morgan fingerprint density at radius 3 is 2.77 bits per heavy atom. The topological polar surface area (TPSA) is 79.0 Å². The van der Waals surface area contributed by atoms with E-state index in [0.29, 0.717) is 37.1 Å². The Labute approximate surface area is 177 Å². The number of nitrogens with zero attached hydrogens (tertiary/aromatic N) is 2. The van der Waals surface area contributed by atoms with Crippen LogP contribution in [0.2, 0.25) is 0 Å².